The normalized spacial score (nSPS) is 11.1. The van der Waals surface area contributed by atoms with E-state index in [-0.39, 0.29) is 0 Å². The van der Waals surface area contributed by atoms with Gasteiger partial charge in [-0.05, 0) is 55.8 Å². The third-order valence-corrected chi connectivity index (χ3v) is 4.54. The zero-order valence-electron chi connectivity index (χ0n) is 15.0. The summed E-state index contributed by atoms with van der Waals surface area (Å²) >= 11 is 5.98. The number of rotatable bonds is 3. The first kappa shape index (κ1) is 17.3. The molecule has 0 bridgehead atoms. The number of nitrogens with zero attached hydrogens (tertiary/aromatic N) is 3. The van der Waals surface area contributed by atoms with Crippen molar-refractivity contribution in [1.82, 2.24) is 14.8 Å². The van der Waals surface area contributed by atoms with Gasteiger partial charge in [-0.1, -0.05) is 11.6 Å². The summed E-state index contributed by atoms with van der Waals surface area (Å²) in [5.74, 6) is 0.527. The van der Waals surface area contributed by atoms with Crippen LogP contribution in [0.4, 0.5) is 0 Å². The van der Waals surface area contributed by atoms with Crippen LogP contribution < -0.4 is 4.74 Å². The van der Waals surface area contributed by atoms with Crippen molar-refractivity contribution in [2.24, 2.45) is 7.05 Å². The Balaban J connectivity index is 1.85. The Morgan fingerprint density at radius 1 is 1.22 bits per heavy atom. The van der Waals surface area contributed by atoms with Gasteiger partial charge < -0.3 is 9.15 Å². The van der Waals surface area contributed by atoms with Crippen LogP contribution in [0.5, 0.6) is 5.75 Å². The lowest BCUT2D eigenvalue weighted by Crippen LogP contribution is -2.11. The molecule has 4 rings (SSSR count). The van der Waals surface area contributed by atoms with Crippen LogP contribution in [0.25, 0.3) is 22.5 Å². The fourth-order valence-corrected chi connectivity index (χ4v) is 3.27. The summed E-state index contributed by atoms with van der Waals surface area (Å²) in [7, 11) is 1.78. The van der Waals surface area contributed by atoms with E-state index in [4.69, 9.17) is 20.8 Å². The number of benzene rings is 1. The van der Waals surface area contributed by atoms with Gasteiger partial charge in [0.2, 0.25) is 0 Å². The Labute approximate surface area is 160 Å². The van der Waals surface area contributed by atoms with Crippen LogP contribution in [-0.2, 0) is 7.05 Å². The molecule has 136 valence electrons. The van der Waals surface area contributed by atoms with Gasteiger partial charge in [0.05, 0.1) is 22.9 Å². The van der Waals surface area contributed by atoms with Gasteiger partial charge in [-0.3, -0.25) is 4.68 Å². The van der Waals surface area contributed by atoms with E-state index in [0.29, 0.717) is 44.5 Å². The van der Waals surface area contributed by atoms with Crippen LogP contribution in [0.2, 0.25) is 5.02 Å². The number of aromatic nitrogens is 3. The zero-order chi connectivity index (χ0) is 19.1. The van der Waals surface area contributed by atoms with E-state index in [1.54, 1.807) is 54.4 Å². The predicted molar refractivity (Wildman–Crippen MR) is 102 cm³/mol. The molecule has 0 spiro atoms. The Kier molecular flexibility index (Phi) is 4.20. The molecule has 0 aliphatic heterocycles. The summed E-state index contributed by atoms with van der Waals surface area (Å²) in [6, 6.07) is 10.3. The third kappa shape index (κ3) is 3.08. The zero-order valence-corrected chi connectivity index (χ0v) is 15.7. The number of carbonyl (C=O) groups is 1. The largest absolute Gasteiger partial charge is 0.463 e. The third-order valence-electron chi connectivity index (χ3n) is 4.30. The maximum absolute atomic E-state index is 13.0. The lowest BCUT2D eigenvalue weighted by Gasteiger charge is -2.10. The van der Waals surface area contributed by atoms with Gasteiger partial charge >= 0.3 is 5.97 Å². The minimum atomic E-state index is -0.489. The van der Waals surface area contributed by atoms with Crippen LogP contribution in [0.1, 0.15) is 21.6 Å². The van der Waals surface area contributed by atoms with E-state index in [0.717, 1.165) is 5.56 Å². The molecule has 0 radical (unpaired) electrons. The monoisotopic (exact) mass is 381 g/mol. The number of fused-ring (bicyclic) bond motifs is 1. The van der Waals surface area contributed by atoms with E-state index in [9.17, 15) is 4.79 Å². The summed E-state index contributed by atoms with van der Waals surface area (Å²) in [5.41, 5.74) is 2.98. The summed E-state index contributed by atoms with van der Waals surface area (Å²) in [6.45, 7) is 3.67. The Morgan fingerprint density at radius 3 is 2.74 bits per heavy atom. The number of pyridine rings is 1. The molecule has 3 heterocycles. The number of hydrogen-bond acceptors (Lipinski definition) is 5. The van der Waals surface area contributed by atoms with Gasteiger partial charge in [0.1, 0.15) is 11.4 Å². The number of esters is 1. The fourth-order valence-electron chi connectivity index (χ4n) is 3.04. The first-order valence-electron chi connectivity index (χ1n) is 8.30. The second-order valence-corrected chi connectivity index (χ2v) is 6.68. The molecule has 0 aliphatic rings. The van der Waals surface area contributed by atoms with Crippen LogP contribution in [0.3, 0.4) is 0 Å². The highest BCUT2D eigenvalue weighted by molar-refractivity contribution is 6.30. The molecule has 0 saturated heterocycles. The van der Waals surface area contributed by atoms with Gasteiger partial charge in [0, 0.05) is 12.1 Å². The first-order chi connectivity index (χ1) is 12.9. The molecule has 0 unspecified atom stereocenters. The van der Waals surface area contributed by atoms with Crippen molar-refractivity contribution in [2.75, 3.05) is 0 Å². The SMILES string of the molecule is Cc1cc(Cl)ccc1OC(=O)c1cc(-c2ccco2)nc2c1c(C)nn2C. The van der Waals surface area contributed by atoms with Crippen molar-refractivity contribution in [1.29, 1.82) is 0 Å². The van der Waals surface area contributed by atoms with Gasteiger partial charge in [-0.25, -0.2) is 9.78 Å². The standard InChI is InChI=1S/C20H16ClN3O3/c1-11-9-13(21)6-7-16(11)27-20(25)14-10-15(17-5-4-8-26-17)22-19-18(14)12(2)23-24(19)3/h4-10H,1-3H3. The topological polar surface area (TPSA) is 70.2 Å². The molecule has 7 heteroatoms. The lowest BCUT2D eigenvalue weighted by atomic mass is 10.1. The number of furan rings is 1. The van der Waals surface area contributed by atoms with Crippen molar-refractivity contribution in [2.45, 2.75) is 13.8 Å². The minimum absolute atomic E-state index is 0.381. The van der Waals surface area contributed by atoms with Gasteiger partial charge in [-0.2, -0.15) is 5.10 Å². The maximum Gasteiger partial charge on any atom is 0.344 e. The van der Waals surface area contributed by atoms with Crippen LogP contribution in [0, 0.1) is 13.8 Å². The number of aryl methyl sites for hydroxylation is 3. The molecule has 0 amide bonds. The number of carbonyl (C=O) groups excluding carboxylic acids is 1. The Bertz CT molecular complexity index is 1160. The summed E-state index contributed by atoms with van der Waals surface area (Å²) in [6.07, 6.45) is 1.56. The molecule has 3 aromatic heterocycles. The molecule has 0 atom stereocenters. The highest BCUT2D eigenvalue weighted by atomic mass is 35.5. The molecule has 0 aliphatic carbocycles. The second-order valence-electron chi connectivity index (χ2n) is 6.24. The number of hydrogen-bond donors (Lipinski definition) is 0. The molecular weight excluding hydrogens is 366 g/mol. The minimum Gasteiger partial charge on any atom is -0.463 e. The summed E-state index contributed by atoms with van der Waals surface area (Å²) in [5, 5.41) is 5.63. The molecule has 4 aromatic rings. The van der Waals surface area contributed by atoms with Crippen molar-refractivity contribution >= 4 is 28.6 Å². The molecular formula is C20H16ClN3O3. The van der Waals surface area contributed by atoms with Crippen molar-refractivity contribution in [3.63, 3.8) is 0 Å². The van der Waals surface area contributed by atoms with E-state index >= 15 is 0 Å². The summed E-state index contributed by atoms with van der Waals surface area (Å²) < 4.78 is 12.7. The van der Waals surface area contributed by atoms with Crippen molar-refractivity contribution < 1.29 is 13.9 Å². The van der Waals surface area contributed by atoms with Gasteiger partial charge in [0.15, 0.2) is 11.4 Å². The van der Waals surface area contributed by atoms with E-state index < -0.39 is 5.97 Å². The molecule has 27 heavy (non-hydrogen) atoms. The second kappa shape index (κ2) is 6.55. The Morgan fingerprint density at radius 2 is 2.04 bits per heavy atom. The predicted octanol–water partition coefficient (Wildman–Crippen LogP) is 4.72. The highest BCUT2D eigenvalue weighted by Crippen LogP contribution is 2.29. The molecule has 0 N–H and O–H groups in total. The molecule has 6 nitrogen and oxygen atoms in total. The van der Waals surface area contributed by atoms with Crippen LogP contribution >= 0.6 is 11.6 Å². The van der Waals surface area contributed by atoms with E-state index in [1.807, 2.05) is 13.8 Å². The molecule has 1 aromatic carbocycles. The van der Waals surface area contributed by atoms with Crippen LogP contribution in [-0.4, -0.2) is 20.7 Å². The van der Waals surface area contributed by atoms with Crippen molar-refractivity contribution in [3.05, 3.63) is 64.5 Å². The van der Waals surface area contributed by atoms with E-state index in [2.05, 4.69) is 10.1 Å². The number of ether oxygens (including phenoxy) is 1. The van der Waals surface area contributed by atoms with Gasteiger partial charge in [-0.15, -0.1) is 0 Å². The highest BCUT2D eigenvalue weighted by Gasteiger charge is 2.22. The Hall–Kier alpha value is -3.12. The fraction of sp³-hybridized carbons (Fsp3) is 0.150. The van der Waals surface area contributed by atoms with E-state index in [1.165, 1.54) is 0 Å². The smallest absolute Gasteiger partial charge is 0.344 e. The average Bonchev–Trinajstić information content (AvgIpc) is 3.26. The summed E-state index contributed by atoms with van der Waals surface area (Å²) in [4.78, 5) is 17.6. The lowest BCUT2D eigenvalue weighted by molar-refractivity contribution is 0.0735. The van der Waals surface area contributed by atoms with Crippen molar-refractivity contribution in [3.8, 4) is 17.2 Å². The maximum atomic E-state index is 13.0. The average molecular weight is 382 g/mol. The first-order valence-corrected chi connectivity index (χ1v) is 8.68. The van der Waals surface area contributed by atoms with Crippen LogP contribution in [0.15, 0.2) is 47.1 Å². The number of halogens is 1. The molecule has 0 fully saturated rings. The molecule has 0 saturated carbocycles. The quantitative estimate of drug-likeness (QED) is 0.379. The van der Waals surface area contributed by atoms with Gasteiger partial charge in [0.25, 0.3) is 0 Å².